The third-order valence-corrected chi connectivity index (χ3v) is 4.70. The van der Waals surface area contributed by atoms with E-state index in [1.54, 1.807) is 31.6 Å². The number of nitrogens with one attached hydrogen (secondary N) is 3. The van der Waals surface area contributed by atoms with E-state index in [0.29, 0.717) is 37.8 Å². The molecule has 3 N–H and O–H groups in total. The van der Waals surface area contributed by atoms with E-state index in [0.717, 1.165) is 29.9 Å². The fraction of sp³-hybridized carbons (Fsp3) is 0.409. The monoisotopic (exact) mass is 411 g/mol. The molecule has 0 radical (unpaired) electrons. The summed E-state index contributed by atoms with van der Waals surface area (Å²) in [6.07, 6.45) is 4.20. The average Bonchev–Trinajstić information content (AvgIpc) is 3.28. The molecule has 2 aromatic rings. The van der Waals surface area contributed by atoms with Gasteiger partial charge >= 0.3 is 0 Å². The van der Waals surface area contributed by atoms with Gasteiger partial charge in [-0.25, -0.2) is 0 Å². The minimum absolute atomic E-state index is 0.103. The Labute approximate surface area is 177 Å². The normalized spacial score (nSPS) is 16.2. The van der Waals surface area contributed by atoms with Crippen LogP contribution in [-0.2, 0) is 11.3 Å². The zero-order chi connectivity index (χ0) is 21.2. The highest BCUT2D eigenvalue weighted by molar-refractivity contribution is 5.93. The summed E-state index contributed by atoms with van der Waals surface area (Å²) >= 11 is 0. The Balaban J connectivity index is 1.45. The van der Waals surface area contributed by atoms with Gasteiger partial charge in [-0.3, -0.25) is 14.8 Å². The summed E-state index contributed by atoms with van der Waals surface area (Å²) in [5, 5.41) is 9.35. The van der Waals surface area contributed by atoms with E-state index in [2.05, 4.69) is 51.0 Å². The first kappa shape index (κ1) is 21.6. The first-order valence-corrected chi connectivity index (χ1v) is 10.1. The summed E-state index contributed by atoms with van der Waals surface area (Å²) in [6.45, 7) is 5.02. The van der Waals surface area contributed by atoms with Crippen molar-refractivity contribution < 1.29 is 14.3 Å². The summed E-state index contributed by atoms with van der Waals surface area (Å²) in [4.78, 5) is 20.2. The molecule has 8 nitrogen and oxygen atoms in total. The van der Waals surface area contributed by atoms with Gasteiger partial charge in [0.25, 0.3) is 5.91 Å². The van der Waals surface area contributed by atoms with Crippen molar-refractivity contribution in [3.63, 3.8) is 0 Å². The molecule has 0 aliphatic carbocycles. The molecule has 1 aromatic carbocycles. The molecular weight excluding hydrogens is 382 g/mol. The van der Waals surface area contributed by atoms with Crippen LogP contribution in [0.5, 0.6) is 5.75 Å². The second-order valence-electron chi connectivity index (χ2n) is 7.06. The molecule has 1 aromatic heterocycles. The number of aryl methyl sites for hydroxylation is 1. The standard InChI is InChI=1S/C22H29N5O3/c1-16-5-6-17(20(12-16)30-19-7-11-29-15-19)14-27-22(23-2)26-10-9-25-21(28)18-4-3-8-24-13-18/h3-6,8,12-13,19H,7,9-11,14-15H2,1-2H3,(H,25,28)(H2,23,26,27). The Hall–Kier alpha value is -3.13. The Kier molecular flexibility index (Phi) is 8.02. The molecule has 0 saturated carbocycles. The van der Waals surface area contributed by atoms with Gasteiger partial charge in [0, 0.05) is 51.1 Å². The molecule has 1 aliphatic heterocycles. The molecule has 160 valence electrons. The van der Waals surface area contributed by atoms with Gasteiger partial charge in [0.1, 0.15) is 11.9 Å². The van der Waals surface area contributed by atoms with Gasteiger partial charge < -0.3 is 25.4 Å². The zero-order valence-corrected chi connectivity index (χ0v) is 17.5. The highest BCUT2D eigenvalue weighted by atomic mass is 16.5. The molecule has 3 rings (SSSR count). The molecule has 1 unspecified atom stereocenters. The number of benzene rings is 1. The Morgan fingerprint density at radius 2 is 2.13 bits per heavy atom. The maximum Gasteiger partial charge on any atom is 0.252 e. The van der Waals surface area contributed by atoms with E-state index in [9.17, 15) is 4.79 Å². The summed E-state index contributed by atoms with van der Waals surface area (Å²) in [5.74, 6) is 1.38. The van der Waals surface area contributed by atoms with Gasteiger partial charge in [-0.2, -0.15) is 0 Å². The maximum absolute atomic E-state index is 12.0. The highest BCUT2D eigenvalue weighted by Crippen LogP contribution is 2.23. The number of amides is 1. The van der Waals surface area contributed by atoms with Crippen LogP contribution in [0.2, 0.25) is 0 Å². The number of ether oxygens (including phenoxy) is 2. The number of rotatable bonds is 8. The number of nitrogens with zero attached hydrogens (tertiary/aromatic N) is 2. The SMILES string of the molecule is CN=C(NCCNC(=O)c1cccnc1)NCc1ccc(C)cc1OC1CCOC1. The van der Waals surface area contributed by atoms with Crippen LogP contribution in [-0.4, -0.2) is 56.3 Å². The van der Waals surface area contributed by atoms with E-state index in [1.165, 1.54) is 0 Å². The van der Waals surface area contributed by atoms with Crippen LogP contribution in [0.25, 0.3) is 0 Å². The lowest BCUT2D eigenvalue weighted by molar-refractivity contribution is 0.0954. The minimum atomic E-state index is -0.148. The number of aromatic nitrogens is 1. The van der Waals surface area contributed by atoms with E-state index in [-0.39, 0.29) is 12.0 Å². The van der Waals surface area contributed by atoms with Crippen molar-refractivity contribution in [2.75, 3.05) is 33.4 Å². The van der Waals surface area contributed by atoms with E-state index in [4.69, 9.17) is 9.47 Å². The fourth-order valence-corrected chi connectivity index (χ4v) is 3.06. The summed E-state index contributed by atoms with van der Waals surface area (Å²) in [6, 6.07) is 9.66. The van der Waals surface area contributed by atoms with Gasteiger partial charge in [-0.1, -0.05) is 12.1 Å². The topological polar surface area (TPSA) is 96.9 Å². The van der Waals surface area contributed by atoms with Gasteiger partial charge in [0.2, 0.25) is 0 Å². The number of carbonyl (C=O) groups excluding carboxylic acids is 1. The molecule has 1 saturated heterocycles. The van der Waals surface area contributed by atoms with E-state index < -0.39 is 0 Å². The van der Waals surface area contributed by atoms with Gasteiger partial charge in [0.15, 0.2) is 5.96 Å². The van der Waals surface area contributed by atoms with Crippen LogP contribution in [0.1, 0.15) is 27.9 Å². The van der Waals surface area contributed by atoms with Crippen LogP contribution in [0.3, 0.4) is 0 Å². The molecule has 1 amide bonds. The second-order valence-corrected chi connectivity index (χ2v) is 7.06. The van der Waals surface area contributed by atoms with Gasteiger partial charge in [-0.15, -0.1) is 0 Å². The molecule has 1 aliphatic rings. The van der Waals surface area contributed by atoms with Crippen LogP contribution < -0.4 is 20.7 Å². The predicted molar refractivity (Wildman–Crippen MR) is 116 cm³/mol. The van der Waals surface area contributed by atoms with E-state index in [1.807, 2.05) is 0 Å². The molecule has 8 heteroatoms. The predicted octanol–water partition coefficient (Wildman–Crippen LogP) is 1.65. The molecular formula is C22H29N5O3. The number of aliphatic imine (C=N–C) groups is 1. The van der Waals surface area contributed by atoms with Crippen molar-refractivity contribution >= 4 is 11.9 Å². The van der Waals surface area contributed by atoms with Crippen molar-refractivity contribution in [2.24, 2.45) is 4.99 Å². The summed E-state index contributed by atoms with van der Waals surface area (Å²) in [5.41, 5.74) is 2.75. The number of guanidine groups is 1. The largest absolute Gasteiger partial charge is 0.488 e. The first-order valence-electron chi connectivity index (χ1n) is 10.1. The third-order valence-electron chi connectivity index (χ3n) is 4.70. The quantitative estimate of drug-likeness (QED) is 0.347. The maximum atomic E-state index is 12.0. The van der Waals surface area contributed by atoms with Crippen LogP contribution in [0.15, 0.2) is 47.7 Å². The minimum Gasteiger partial charge on any atom is -0.488 e. The molecule has 0 spiro atoms. The molecule has 2 heterocycles. The smallest absolute Gasteiger partial charge is 0.252 e. The fourth-order valence-electron chi connectivity index (χ4n) is 3.06. The number of hydrogen-bond donors (Lipinski definition) is 3. The van der Waals surface area contributed by atoms with Crippen molar-refractivity contribution in [2.45, 2.75) is 26.0 Å². The number of carbonyl (C=O) groups is 1. The van der Waals surface area contributed by atoms with Crippen molar-refractivity contribution in [3.8, 4) is 5.75 Å². The lowest BCUT2D eigenvalue weighted by Gasteiger charge is -2.18. The van der Waals surface area contributed by atoms with Gasteiger partial charge in [-0.05, 0) is 30.7 Å². The average molecular weight is 412 g/mol. The summed E-state index contributed by atoms with van der Waals surface area (Å²) in [7, 11) is 1.71. The molecule has 1 fully saturated rings. The highest BCUT2D eigenvalue weighted by Gasteiger charge is 2.18. The van der Waals surface area contributed by atoms with Gasteiger partial charge in [0.05, 0.1) is 18.8 Å². The first-order chi connectivity index (χ1) is 14.7. The second kappa shape index (κ2) is 11.2. The number of hydrogen-bond acceptors (Lipinski definition) is 5. The van der Waals surface area contributed by atoms with Crippen molar-refractivity contribution in [1.29, 1.82) is 0 Å². The van der Waals surface area contributed by atoms with Crippen LogP contribution in [0.4, 0.5) is 0 Å². The Morgan fingerprint density at radius 1 is 1.27 bits per heavy atom. The third kappa shape index (κ3) is 6.45. The van der Waals surface area contributed by atoms with Crippen LogP contribution in [0, 0.1) is 6.92 Å². The van der Waals surface area contributed by atoms with E-state index >= 15 is 0 Å². The molecule has 30 heavy (non-hydrogen) atoms. The zero-order valence-electron chi connectivity index (χ0n) is 17.5. The van der Waals surface area contributed by atoms with Crippen LogP contribution >= 0.6 is 0 Å². The lowest BCUT2D eigenvalue weighted by Crippen LogP contribution is -2.41. The van der Waals surface area contributed by atoms with Crippen molar-refractivity contribution in [1.82, 2.24) is 20.9 Å². The number of pyridine rings is 1. The molecule has 0 bridgehead atoms. The summed E-state index contributed by atoms with van der Waals surface area (Å²) < 4.78 is 11.6. The molecule has 1 atom stereocenters. The van der Waals surface area contributed by atoms with Crippen molar-refractivity contribution in [3.05, 3.63) is 59.4 Å². The Bertz CT molecular complexity index is 851. The Morgan fingerprint density at radius 3 is 2.87 bits per heavy atom. The lowest BCUT2D eigenvalue weighted by atomic mass is 10.1.